The SMILES string of the molecule is CCCCCCCC(C)(CCCCCC)OCCCO. The summed E-state index contributed by atoms with van der Waals surface area (Å²) >= 11 is 0. The molecule has 2 heteroatoms. The molecule has 122 valence electrons. The molecule has 1 unspecified atom stereocenters. The summed E-state index contributed by atoms with van der Waals surface area (Å²) in [6.07, 6.45) is 15.0. The highest BCUT2D eigenvalue weighted by Crippen LogP contribution is 2.26. The molecule has 0 aliphatic rings. The lowest BCUT2D eigenvalue weighted by Crippen LogP contribution is -2.29. The van der Waals surface area contributed by atoms with Gasteiger partial charge < -0.3 is 9.84 Å². The average Bonchev–Trinajstić information content (AvgIpc) is 2.44. The van der Waals surface area contributed by atoms with Crippen LogP contribution in [0.15, 0.2) is 0 Å². The first-order valence-corrected chi connectivity index (χ1v) is 8.93. The maximum absolute atomic E-state index is 8.90. The van der Waals surface area contributed by atoms with Gasteiger partial charge in [0.2, 0.25) is 0 Å². The van der Waals surface area contributed by atoms with Crippen molar-refractivity contribution in [2.75, 3.05) is 13.2 Å². The maximum atomic E-state index is 8.90. The molecule has 0 heterocycles. The summed E-state index contributed by atoms with van der Waals surface area (Å²) in [7, 11) is 0. The first-order valence-electron chi connectivity index (χ1n) is 8.93. The van der Waals surface area contributed by atoms with Crippen LogP contribution in [0.3, 0.4) is 0 Å². The molecular formula is C18H38O2. The molecule has 0 bridgehead atoms. The molecule has 0 spiro atoms. The second kappa shape index (κ2) is 13.9. The molecule has 2 nitrogen and oxygen atoms in total. The molecule has 0 saturated heterocycles. The molecule has 20 heavy (non-hydrogen) atoms. The molecule has 0 radical (unpaired) electrons. The van der Waals surface area contributed by atoms with E-state index in [0.29, 0.717) is 6.61 Å². The minimum Gasteiger partial charge on any atom is -0.396 e. The molecule has 1 atom stereocenters. The summed E-state index contributed by atoms with van der Waals surface area (Å²) in [5.41, 5.74) is 0.0368. The van der Waals surface area contributed by atoms with Gasteiger partial charge in [-0.2, -0.15) is 0 Å². The van der Waals surface area contributed by atoms with Crippen molar-refractivity contribution in [2.24, 2.45) is 0 Å². The Morgan fingerprint density at radius 1 is 0.750 bits per heavy atom. The van der Waals surface area contributed by atoms with Crippen molar-refractivity contribution in [3.8, 4) is 0 Å². The van der Waals surface area contributed by atoms with Crippen molar-refractivity contribution in [1.29, 1.82) is 0 Å². The topological polar surface area (TPSA) is 29.5 Å². The zero-order valence-corrected chi connectivity index (χ0v) is 14.3. The van der Waals surface area contributed by atoms with Gasteiger partial charge in [-0.25, -0.2) is 0 Å². The zero-order chi connectivity index (χ0) is 15.1. The lowest BCUT2D eigenvalue weighted by Gasteiger charge is -2.30. The summed E-state index contributed by atoms with van der Waals surface area (Å²) in [6.45, 7) is 7.73. The van der Waals surface area contributed by atoms with Gasteiger partial charge in [-0.05, 0) is 26.2 Å². The lowest BCUT2D eigenvalue weighted by molar-refractivity contribution is -0.0507. The van der Waals surface area contributed by atoms with E-state index in [9.17, 15) is 0 Å². The molecule has 0 aromatic heterocycles. The van der Waals surface area contributed by atoms with Gasteiger partial charge in [0.1, 0.15) is 0 Å². The van der Waals surface area contributed by atoms with Gasteiger partial charge in [-0.1, -0.05) is 71.6 Å². The van der Waals surface area contributed by atoms with E-state index in [4.69, 9.17) is 9.84 Å². The van der Waals surface area contributed by atoms with E-state index < -0.39 is 0 Å². The van der Waals surface area contributed by atoms with Crippen LogP contribution in [0.1, 0.15) is 97.8 Å². The summed E-state index contributed by atoms with van der Waals surface area (Å²) in [4.78, 5) is 0. The lowest BCUT2D eigenvalue weighted by atomic mass is 9.91. The first kappa shape index (κ1) is 19.9. The van der Waals surface area contributed by atoms with Crippen LogP contribution in [-0.4, -0.2) is 23.9 Å². The van der Waals surface area contributed by atoms with Crippen LogP contribution in [-0.2, 0) is 4.74 Å². The van der Waals surface area contributed by atoms with Crippen molar-refractivity contribution in [3.63, 3.8) is 0 Å². The van der Waals surface area contributed by atoms with Crippen LogP contribution in [0.4, 0.5) is 0 Å². The minimum absolute atomic E-state index is 0.0368. The van der Waals surface area contributed by atoms with Crippen molar-refractivity contribution < 1.29 is 9.84 Å². The number of unbranched alkanes of at least 4 members (excludes halogenated alkanes) is 7. The second-order valence-corrected chi connectivity index (χ2v) is 6.35. The molecule has 0 aliphatic heterocycles. The van der Waals surface area contributed by atoms with Crippen molar-refractivity contribution in [2.45, 2.75) is 103 Å². The Balaban J connectivity index is 3.95. The number of aliphatic hydroxyl groups excluding tert-OH is 1. The van der Waals surface area contributed by atoms with Crippen LogP contribution in [0.2, 0.25) is 0 Å². The summed E-state index contributed by atoms with van der Waals surface area (Å²) in [6, 6.07) is 0. The van der Waals surface area contributed by atoms with Crippen LogP contribution in [0, 0.1) is 0 Å². The zero-order valence-electron chi connectivity index (χ0n) is 14.3. The molecule has 0 aromatic rings. The average molecular weight is 286 g/mol. The Kier molecular flexibility index (Phi) is 13.8. The number of ether oxygens (including phenoxy) is 1. The number of aliphatic hydroxyl groups is 1. The maximum Gasteiger partial charge on any atom is 0.0654 e. The van der Waals surface area contributed by atoms with Crippen LogP contribution >= 0.6 is 0 Å². The molecule has 0 rings (SSSR count). The normalized spacial score (nSPS) is 14.4. The van der Waals surface area contributed by atoms with Crippen LogP contribution < -0.4 is 0 Å². The molecule has 0 saturated carbocycles. The van der Waals surface area contributed by atoms with Crippen molar-refractivity contribution >= 4 is 0 Å². The smallest absolute Gasteiger partial charge is 0.0654 e. The van der Waals surface area contributed by atoms with Gasteiger partial charge in [0, 0.05) is 13.2 Å². The third-order valence-electron chi connectivity index (χ3n) is 4.12. The highest BCUT2D eigenvalue weighted by Gasteiger charge is 2.23. The molecule has 0 fully saturated rings. The standard InChI is InChI=1S/C18H38O2/c1-4-6-8-10-12-15-18(3,20-17-13-16-19)14-11-9-7-5-2/h19H,4-17H2,1-3H3. The Bertz CT molecular complexity index is 194. The minimum atomic E-state index is 0.0368. The second-order valence-electron chi connectivity index (χ2n) is 6.35. The Morgan fingerprint density at radius 3 is 1.75 bits per heavy atom. The van der Waals surface area contributed by atoms with E-state index in [1.165, 1.54) is 70.6 Å². The molecular weight excluding hydrogens is 248 g/mol. The largest absolute Gasteiger partial charge is 0.396 e. The first-order chi connectivity index (χ1) is 9.68. The number of hydrogen-bond donors (Lipinski definition) is 1. The molecule has 0 amide bonds. The van der Waals surface area contributed by atoms with Crippen LogP contribution in [0.5, 0.6) is 0 Å². The van der Waals surface area contributed by atoms with Crippen molar-refractivity contribution in [3.05, 3.63) is 0 Å². The van der Waals surface area contributed by atoms with E-state index in [2.05, 4.69) is 20.8 Å². The predicted octanol–water partition coefficient (Wildman–Crippen LogP) is 5.48. The van der Waals surface area contributed by atoms with E-state index >= 15 is 0 Å². The van der Waals surface area contributed by atoms with Gasteiger partial charge in [0.05, 0.1) is 5.60 Å². The fourth-order valence-electron chi connectivity index (χ4n) is 2.68. The van der Waals surface area contributed by atoms with Gasteiger partial charge >= 0.3 is 0 Å². The summed E-state index contributed by atoms with van der Waals surface area (Å²) < 4.78 is 6.10. The van der Waals surface area contributed by atoms with Gasteiger partial charge in [0.15, 0.2) is 0 Å². The Morgan fingerprint density at radius 2 is 1.25 bits per heavy atom. The molecule has 1 N–H and O–H groups in total. The fourth-order valence-corrected chi connectivity index (χ4v) is 2.68. The fraction of sp³-hybridized carbons (Fsp3) is 1.00. The van der Waals surface area contributed by atoms with E-state index in [1.54, 1.807) is 0 Å². The number of hydrogen-bond acceptors (Lipinski definition) is 2. The number of rotatable bonds is 15. The highest BCUT2D eigenvalue weighted by atomic mass is 16.5. The molecule has 0 aliphatic carbocycles. The van der Waals surface area contributed by atoms with E-state index in [-0.39, 0.29) is 12.2 Å². The quantitative estimate of drug-likeness (QED) is 0.404. The van der Waals surface area contributed by atoms with E-state index in [1.807, 2.05) is 0 Å². The monoisotopic (exact) mass is 286 g/mol. The van der Waals surface area contributed by atoms with Gasteiger partial charge in [-0.15, -0.1) is 0 Å². The highest BCUT2D eigenvalue weighted by molar-refractivity contribution is 4.75. The van der Waals surface area contributed by atoms with E-state index in [0.717, 1.165) is 6.42 Å². The third kappa shape index (κ3) is 11.7. The van der Waals surface area contributed by atoms with Gasteiger partial charge in [0.25, 0.3) is 0 Å². The van der Waals surface area contributed by atoms with Crippen LogP contribution in [0.25, 0.3) is 0 Å². The molecule has 0 aromatic carbocycles. The summed E-state index contributed by atoms with van der Waals surface area (Å²) in [5.74, 6) is 0. The third-order valence-corrected chi connectivity index (χ3v) is 4.12. The van der Waals surface area contributed by atoms with Crippen molar-refractivity contribution in [1.82, 2.24) is 0 Å². The Labute approximate surface area is 127 Å². The predicted molar refractivity (Wildman–Crippen MR) is 88.2 cm³/mol. The summed E-state index contributed by atoms with van der Waals surface area (Å²) in [5, 5.41) is 8.90. The Hall–Kier alpha value is -0.0800. The van der Waals surface area contributed by atoms with Gasteiger partial charge in [-0.3, -0.25) is 0 Å².